The molecule has 0 radical (unpaired) electrons. The van der Waals surface area contributed by atoms with Crippen LogP contribution in [0, 0.1) is 10.7 Å². The number of hydrogen-bond acceptors (Lipinski definition) is 5. The molecule has 0 bridgehead atoms. The van der Waals surface area contributed by atoms with Crippen molar-refractivity contribution < 1.29 is 13.4 Å². The minimum Gasteiger partial charge on any atom is -0.453 e. The van der Waals surface area contributed by atoms with Crippen molar-refractivity contribution in [2.24, 2.45) is 0 Å². The number of carbonyl (C=O) groups is 1. The molecule has 0 N–H and O–H groups in total. The van der Waals surface area contributed by atoms with Crippen molar-refractivity contribution >= 4 is 17.9 Å². The van der Waals surface area contributed by atoms with Gasteiger partial charge in [-0.2, -0.15) is 5.26 Å². The number of hydrogen-bond donors (Lipinski definition) is 0. The molecule has 0 amide bonds. The molecule has 0 aliphatic carbocycles. The minimum atomic E-state index is -0.385. The number of nitriles is 1. The van der Waals surface area contributed by atoms with Crippen LogP contribution in [0.15, 0.2) is 25.1 Å². The number of nitrogens with zero attached hydrogens (tertiary/aromatic N) is 3. The first-order valence-electron chi connectivity index (χ1n) is 9.22. The molecule has 25 heavy (non-hydrogen) atoms. The predicted octanol–water partition coefficient (Wildman–Crippen LogP) is 4.55. The van der Waals surface area contributed by atoms with E-state index >= 15 is 0 Å². The van der Waals surface area contributed by atoms with E-state index in [4.69, 9.17) is 10.00 Å². The van der Waals surface area contributed by atoms with Gasteiger partial charge in [-0.15, -0.1) is 0 Å². The van der Waals surface area contributed by atoms with Gasteiger partial charge in [-0.1, -0.05) is 52.0 Å². The Bertz CT molecular complexity index is 490. The first-order valence-corrected chi connectivity index (χ1v) is 9.99. The third-order valence-corrected chi connectivity index (χ3v) is 5.20. The van der Waals surface area contributed by atoms with Crippen molar-refractivity contribution in [3.8, 4) is 5.40 Å². The lowest BCUT2D eigenvalue weighted by atomic mass is 10.1. The lowest BCUT2D eigenvalue weighted by molar-refractivity contribution is -0.746. The highest BCUT2D eigenvalue weighted by Crippen LogP contribution is 2.30. The van der Waals surface area contributed by atoms with Crippen molar-refractivity contribution in [2.75, 3.05) is 20.3 Å². The Morgan fingerprint density at radius 1 is 1.40 bits per heavy atom. The Morgan fingerprint density at radius 3 is 2.64 bits per heavy atom. The number of thiocyanates is 1. The van der Waals surface area contributed by atoms with E-state index in [2.05, 4.69) is 18.9 Å². The highest BCUT2D eigenvalue weighted by molar-refractivity contribution is 7.98. The maximum absolute atomic E-state index is 11.7. The quantitative estimate of drug-likeness (QED) is 0.120. The molecule has 0 saturated heterocycles. The molecule has 1 aliphatic heterocycles. The largest absolute Gasteiger partial charge is 0.453 e. The molecule has 0 saturated carbocycles. The van der Waals surface area contributed by atoms with Crippen LogP contribution in [-0.4, -0.2) is 41.1 Å². The zero-order valence-corrected chi connectivity index (χ0v) is 16.5. The number of esters is 1. The van der Waals surface area contributed by atoms with Gasteiger partial charge in [0.2, 0.25) is 11.9 Å². The van der Waals surface area contributed by atoms with Crippen molar-refractivity contribution in [1.82, 2.24) is 4.90 Å². The molecule has 0 aromatic rings. The van der Waals surface area contributed by atoms with Gasteiger partial charge in [-0.3, -0.25) is 0 Å². The second-order valence-corrected chi connectivity index (χ2v) is 7.78. The van der Waals surface area contributed by atoms with Gasteiger partial charge in [-0.25, -0.2) is 8.68 Å². The molecule has 6 heteroatoms. The Hall–Kier alpha value is -1.45. The van der Waals surface area contributed by atoms with E-state index in [1.54, 1.807) is 0 Å². The van der Waals surface area contributed by atoms with E-state index in [0.29, 0.717) is 17.1 Å². The molecule has 0 aromatic carbocycles. The number of quaternary nitrogens is 1. The highest BCUT2D eigenvalue weighted by atomic mass is 32.2. The van der Waals surface area contributed by atoms with Gasteiger partial charge in [0.15, 0.2) is 18.2 Å². The number of ether oxygens (including phenoxy) is 1. The monoisotopic (exact) mass is 366 g/mol. The summed E-state index contributed by atoms with van der Waals surface area (Å²) in [5.74, 6) is -0.385. The molecule has 0 aromatic heterocycles. The van der Waals surface area contributed by atoms with Gasteiger partial charge in [0, 0.05) is 13.1 Å². The summed E-state index contributed by atoms with van der Waals surface area (Å²) >= 11 is 1.20. The molecule has 0 spiro atoms. The van der Waals surface area contributed by atoms with E-state index in [-0.39, 0.29) is 12.1 Å². The van der Waals surface area contributed by atoms with Gasteiger partial charge in [0.1, 0.15) is 12.7 Å². The fourth-order valence-electron chi connectivity index (χ4n) is 3.08. The molecule has 2 unspecified atom stereocenters. The topological polar surface area (TPSA) is 53.3 Å². The molecule has 1 rings (SSSR count). The molecule has 0 fully saturated rings. The summed E-state index contributed by atoms with van der Waals surface area (Å²) in [4.78, 5) is 13.7. The Labute approximate surface area is 157 Å². The predicted molar refractivity (Wildman–Crippen MR) is 103 cm³/mol. The standard InChI is InChI=1S/C19H32N3O2S/c1-4-6-7-8-9-10-11-12-18(24-19(23)5-2)15-22(25-16-20)14-13-21(3)17-22/h5,13-14,18H,2,4,6-12,15,17H2,1,3H3/q+1. The number of unbranched alkanes of at least 4 members (excludes halogenated alkanes) is 6. The summed E-state index contributed by atoms with van der Waals surface area (Å²) < 4.78 is 6.01. The number of carbonyl (C=O) groups excluding carboxylic acids is 1. The Balaban J connectivity index is 2.52. The summed E-state index contributed by atoms with van der Waals surface area (Å²) in [5.41, 5.74) is 0. The summed E-state index contributed by atoms with van der Waals surface area (Å²) in [5, 5.41) is 11.3. The average Bonchev–Trinajstić information content (AvgIpc) is 2.94. The van der Waals surface area contributed by atoms with Crippen LogP contribution in [0.2, 0.25) is 0 Å². The van der Waals surface area contributed by atoms with Gasteiger partial charge >= 0.3 is 5.97 Å². The van der Waals surface area contributed by atoms with Crippen LogP contribution in [-0.2, 0) is 9.53 Å². The second kappa shape index (κ2) is 12.0. The van der Waals surface area contributed by atoms with Crippen LogP contribution in [0.4, 0.5) is 0 Å². The SMILES string of the molecule is C=CC(=O)OC(CCCCCCCCC)C[N+]1(SC#N)C=CN(C)C1. The summed E-state index contributed by atoms with van der Waals surface area (Å²) in [6.45, 7) is 7.02. The van der Waals surface area contributed by atoms with Crippen LogP contribution in [0.3, 0.4) is 0 Å². The maximum Gasteiger partial charge on any atom is 0.330 e. The Kier molecular flexibility index (Phi) is 10.4. The smallest absolute Gasteiger partial charge is 0.330 e. The van der Waals surface area contributed by atoms with Crippen LogP contribution in [0.1, 0.15) is 58.3 Å². The van der Waals surface area contributed by atoms with Crippen LogP contribution < -0.4 is 0 Å². The zero-order valence-electron chi connectivity index (χ0n) is 15.7. The maximum atomic E-state index is 11.7. The van der Waals surface area contributed by atoms with E-state index in [0.717, 1.165) is 19.3 Å². The fraction of sp³-hybridized carbons (Fsp3) is 0.684. The third kappa shape index (κ3) is 8.46. The fourth-order valence-corrected chi connectivity index (χ4v) is 3.84. The molecular formula is C19H32N3O2S+. The summed E-state index contributed by atoms with van der Waals surface area (Å²) in [6.07, 6.45) is 14.4. The van der Waals surface area contributed by atoms with E-state index in [1.807, 2.05) is 24.3 Å². The van der Waals surface area contributed by atoms with E-state index < -0.39 is 0 Å². The molecule has 1 aliphatic rings. The van der Waals surface area contributed by atoms with Crippen LogP contribution in [0.5, 0.6) is 0 Å². The number of rotatable bonds is 13. The molecule has 1 heterocycles. The van der Waals surface area contributed by atoms with Gasteiger partial charge in [0.05, 0.1) is 6.20 Å². The minimum absolute atomic E-state index is 0.196. The van der Waals surface area contributed by atoms with Crippen molar-refractivity contribution in [3.05, 3.63) is 25.1 Å². The average molecular weight is 367 g/mol. The normalized spacial score (nSPS) is 20.3. The van der Waals surface area contributed by atoms with Crippen molar-refractivity contribution in [2.45, 2.75) is 64.4 Å². The van der Waals surface area contributed by atoms with Gasteiger partial charge < -0.3 is 9.64 Å². The van der Waals surface area contributed by atoms with Crippen LogP contribution >= 0.6 is 11.9 Å². The molecule has 5 nitrogen and oxygen atoms in total. The summed E-state index contributed by atoms with van der Waals surface area (Å²) in [6, 6.07) is 0. The van der Waals surface area contributed by atoms with Gasteiger partial charge in [-0.05, 0) is 12.8 Å². The van der Waals surface area contributed by atoms with E-state index in [1.165, 1.54) is 50.1 Å². The van der Waals surface area contributed by atoms with Crippen LogP contribution in [0.25, 0.3) is 0 Å². The first-order chi connectivity index (χ1) is 12.0. The second-order valence-electron chi connectivity index (χ2n) is 6.69. The van der Waals surface area contributed by atoms with E-state index in [9.17, 15) is 4.79 Å². The zero-order chi connectivity index (χ0) is 18.5. The lowest BCUT2D eigenvalue weighted by Gasteiger charge is -2.30. The molecular weight excluding hydrogens is 334 g/mol. The highest BCUT2D eigenvalue weighted by Gasteiger charge is 2.37. The van der Waals surface area contributed by atoms with Gasteiger partial charge in [0.25, 0.3) is 0 Å². The molecule has 2 atom stereocenters. The van der Waals surface area contributed by atoms with Crippen molar-refractivity contribution in [3.63, 3.8) is 0 Å². The Morgan fingerprint density at radius 2 is 2.08 bits per heavy atom. The lowest BCUT2D eigenvalue weighted by Crippen LogP contribution is -2.44. The van der Waals surface area contributed by atoms with Crippen molar-refractivity contribution in [1.29, 1.82) is 5.26 Å². The first kappa shape index (κ1) is 21.6. The third-order valence-electron chi connectivity index (χ3n) is 4.37. The molecule has 140 valence electrons. The summed E-state index contributed by atoms with van der Waals surface area (Å²) in [7, 11) is 1.98.